The fourth-order valence-electron chi connectivity index (χ4n) is 2.82. The first-order chi connectivity index (χ1) is 12.1. The van der Waals surface area contributed by atoms with Crippen LogP contribution in [0.3, 0.4) is 0 Å². The monoisotopic (exact) mass is 357 g/mol. The number of rotatable bonds is 5. The molecule has 0 bridgehead atoms. The third-order valence-corrected chi connectivity index (χ3v) is 6.14. The summed E-state index contributed by atoms with van der Waals surface area (Å²) in [7, 11) is -3.49. The number of hydrogen-bond acceptors (Lipinski definition) is 6. The second kappa shape index (κ2) is 7.59. The molecular weight excluding hydrogens is 338 g/mol. The van der Waals surface area contributed by atoms with Crippen LogP contribution in [0.1, 0.15) is 30.5 Å². The molecular formula is C17H19N5O2S. The second-order valence-corrected chi connectivity index (χ2v) is 7.75. The van der Waals surface area contributed by atoms with Gasteiger partial charge in [-0.15, -0.1) is 10.2 Å². The molecule has 0 saturated carbocycles. The minimum Gasteiger partial charge on any atom is -0.364 e. The van der Waals surface area contributed by atoms with Gasteiger partial charge in [0.2, 0.25) is 10.0 Å². The lowest BCUT2D eigenvalue weighted by molar-refractivity contribution is 0.346. The zero-order valence-electron chi connectivity index (χ0n) is 13.7. The fraction of sp³-hybridized carbons (Fsp3) is 0.353. The van der Waals surface area contributed by atoms with Gasteiger partial charge in [-0.05, 0) is 36.6 Å². The third-order valence-electron chi connectivity index (χ3n) is 4.14. The van der Waals surface area contributed by atoms with Crippen molar-refractivity contribution in [2.24, 2.45) is 0 Å². The van der Waals surface area contributed by atoms with Gasteiger partial charge in [-0.1, -0.05) is 24.6 Å². The van der Waals surface area contributed by atoms with Gasteiger partial charge >= 0.3 is 0 Å². The van der Waals surface area contributed by atoms with Crippen molar-refractivity contribution < 1.29 is 8.42 Å². The van der Waals surface area contributed by atoms with E-state index in [9.17, 15) is 8.42 Å². The summed E-state index contributed by atoms with van der Waals surface area (Å²) in [6, 6.07) is 12.1. The van der Waals surface area contributed by atoms with E-state index in [1.807, 2.05) is 12.1 Å². The summed E-state index contributed by atoms with van der Waals surface area (Å²) in [5.74, 6) is 0.490. The Hall–Kier alpha value is -2.50. The lowest BCUT2D eigenvalue weighted by Gasteiger charge is -2.26. The number of aromatic nitrogens is 2. The third kappa shape index (κ3) is 3.95. The number of nitriles is 1. The van der Waals surface area contributed by atoms with Crippen LogP contribution in [0.5, 0.6) is 0 Å². The average Bonchev–Trinajstić information content (AvgIpc) is 2.67. The Kier molecular flexibility index (Phi) is 5.26. The summed E-state index contributed by atoms with van der Waals surface area (Å²) in [6.45, 7) is 1.46. The van der Waals surface area contributed by atoms with E-state index in [4.69, 9.17) is 5.26 Å². The molecule has 0 spiro atoms. The Bertz CT molecular complexity index is 869. The van der Waals surface area contributed by atoms with Crippen LogP contribution < -0.4 is 5.32 Å². The molecule has 0 unspecified atom stereocenters. The number of benzene rings is 1. The predicted molar refractivity (Wildman–Crippen MR) is 93.1 cm³/mol. The van der Waals surface area contributed by atoms with Crippen molar-refractivity contribution >= 4 is 15.8 Å². The van der Waals surface area contributed by atoms with Gasteiger partial charge in [0.1, 0.15) is 11.9 Å². The highest BCUT2D eigenvalue weighted by molar-refractivity contribution is 7.89. The van der Waals surface area contributed by atoms with Gasteiger partial charge in [-0.3, -0.25) is 0 Å². The molecule has 1 aromatic heterocycles. The van der Waals surface area contributed by atoms with Crippen LogP contribution in [0, 0.1) is 11.3 Å². The summed E-state index contributed by atoms with van der Waals surface area (Å²) < 4.78 is 27.4. The Morgan fingerprint density at radius 3 is 2.52 bits per heavy atom. The maximum absolute atomic E-state index is 12.9. The molecule has 0 atom stereocenters. The van der Waals surface area contributed by atoms with Crippen molar-refractivity contribution in [3.63, 3.8) is 0 Å². The largest absolute Gasteiger partial charge is 0.364 e. The van der Waals surface area contributed by atoms with E-state index in [2.05, 4.69) is 15.5 Å². The Morgan fingerprint density at radius 1 is 1.08 bits per heavy atom. The Labute approximate surface area is 147 Å². The molecule has 0 amide bonds. The lowest BCUT2D eigenvalue weighted by Crippen LogP contribution is -2.36. The van der Waals surface area contributed by atoms with E-state index in [-0.39, 0.29) is 5.69 Å². The van der Waals surface area contributed by atoms with E-state index < -0.39 is 10.0 Å². The maximum Gasteiger partial charge on any atom is 0.243 e. The molecule has 8 heteroatoms. The highest BCUT2D eigenvalue weighted by Gasteiger charge is 2.27. The van der Waals surface area contributed by atoms with Crippen LogP contribution in [0.2, 0.25) is 0 Å². The predicted octanol–water partition coefficient (Wildman–Crippen LogP) is 2.13. The highest BCUT2D eigenvalue weighted by atomic mass is 32.2. The summed E-state index contributed by atoms with van der Waals surface area (Å²) >= 11 is 0. The summed E-state index contributed by atoms with van der Waals surface area (Å²) in [4.78, 5) is 0.325. The number of anilines is 1. The quantitative estimate of drug-likeness (QED) is 0.880. The zero-order chi connectivity index (χ0) is 17.7. The molecule has 1 aliphatic rings. The molecule has 1 aliphatic heterocycles. The van der Waals surface area contributed by atoms with Gasteiger partial charge in [-0.25, -0.2) is 8.42 Å². The smallest absolute Gasteiger partial charge is 0.243 e. The molecule has 7 nitrogen and oxygen atoms in total. The minimum absolute atomic E-state index is 0.235. The first-order valence-electron chi connectivity index (χ1n) is 8.17. The molecule has 1 saturated heterocycles. The maximum atomic E-state index is 12.9. The van der Waals surface area contributed by atoms with Crippen LogP contribution in [0.4, 0.5) is 5.82 Å². The van der Waals surface area contributed by atoms with Crippen molar-refractivity contribution in [1.82, 2.24) is 14.5 Å². The van der Waals surface area contributed by atoms with Crippen LogP contribution in [-0.2, 0) is 16.6 Å². The molecule has 1 N–H and O–H groups in total. The lowest BCUT2D eigenvalue weighted by atomic mass is 10.2. The van der Waals surface area contributed by atoms with E-state index in [0.29, 0.717) is 35.9 Å². The van der Waals surface area contributed by atoms with Gasteiger partial charge in [0, 0.05) is 19.6 Å². The summed E-state index contributed by atoms with van der Waals surface area (Å²) in [6.07, 6.45) is 2.88. The molecule has 1 aromatic carbocycles. The van der Waals surface area contributed by atoms with Gasteiger partial charge in [0.15, 0.2) is 5.69 Å². The van der Waals surface area contributed by atoms with Crippen LogP contribution in [-0.4, -0.2) is 36.0 Å². The number of nitrogens with one attached hydrogen (secondary N) is 1. The molecule has 3 rings (SSSR count). The SMILES string of the molecule is N#Cc1ccc(NCc2ccccc2S(=O)(=O)N2CCCCC2)nn1. The molecule has 2 aromatic rings. The summed E-state index contributed by atoms with van der Waals surface area (Å²) in [5.41, 5.74) is 0.915. The van der Waals surface area contributed by atoms with Crippen LogP contribution in [0.25, 0.3) is 0 Å². The Balaban J connectivity index is 1.79. The second-order valence-electron chi connectivity index (χ2n) is 5.84. The number of sulfonamides is 1. The average molecular weight is 357 g/mol. The first kappa shape index (κ1) is 17.3. The van der Waals surface area contributed by atoms with Crippen molar-refractivity contribution in [2.75, 3.05) is 18.4 Å². The molecule has 0 aliphatic carbocycles. The van der Waals surface area contributed by atoms with Gasteiger partial charge < -0.3 is 5.32 Å². The molecule has 0 radical (unpaired) electrons. The first-order valence-corrected chi connectivity index (χ1v) is 9.61. The zero-order valence-corrected chi connectivity index (χ0v) is 14.5. The number of hydrogen-bond donors (Lipinski definition) is 1. The minimum atomic E-state index is -3.49. The van der Waals surface area contributed by atoms with E-state index in [0.717, 1.165) is 19.3 Å². The van der Waals surface area contributed by atoms with E-state index in [1.165, 1.54) is 0 Å². The van der Waals surface area contributed by atoms with Crippen LogP contribution in [0.15, 0.2) is 41.3 Å². The van der Waals surface area contributed by atoms with Gasteiger partial charge in [-0.2, -0.15) is 9.57 Å². The molecule has 2 heterocycles. The standard InChI is InChI=1S/C17H19N5O2S/c18-12-15-8-9-17(21-20-15)19-13-14-6-2-3-7-16(14)25(23,24)22-10-4-1-5-11-22/h2-3,6-9H,1,4-5,10-11,13H2,(H,19,21). The van der Waals surface area contributed by atoms with Gasteiger partial charge in [0.25, 0.3) is 0 Å². The molecule has 1 fully saturated rings. The fourth-order valence-corrected chi connectivity index (χ4v) is 4.56. The topological polar surface area (TPSA) is 99.0 Å². The van der Waals surface area contributed by atoms with E-state index in [1.54, 1.807) is 34.6 Å². The van der Waals surface area contributed by atoms with Crippen molar-refractivity contribution in [3.05, 3.63) is 47.7 Å². The van der Waals surface area contributed by atoms with Gasteiger partial charge in [0.05, 0.1) is 4.90 Å². The normalized spacial score (nSPS) is 15.5. The number of piperidine rings is 1. The van der Waals surface area contributed by atoms with E-state index >= 15 is 0 Å². The van der Waals surface area contributed by atoms with Crippen molar-refractivity contribution in [3.8, 4) is 6.07 Å². The van der Waals surface area contributed by atoms with Crippen molar-refractivity contribution in [2.45, 2.75) is 30.7 Å². The molecule has 25 heavy (non-hydrogen) atoms. The summed E-state index contributed by atoms with van der Waals surface area (Å²) in [5, 5.41) is 19.5. The molecule has 130 valence electrons. The number of nitrogens with zero attached hydrogens (tertiary/aromatic N) is 4. The van der Waals surface area contributed by atoms with Crippen LogP contribution >= 0.6 is 0 Å². The van der Waals surface area contributed by atoms with Crippen molar-refractivity contribution in [1.29, 1.82) is 5.26 Å². The Morgan fingerprint density at radius 2 is 1.84 bits per heavy atom. The highest BCUT2D eigenvalue weighted by Crippen LogP contribution is 2.24.